The SMILES string of the molecule is C/C(=N\O)c1ccc(S(=O)(=O)CCCN2CCN(c3cccc(C(F)(F)F)c3)CC2)s1. The summed E-state index contributed by atoms with van der Waals surface area (Å²) in [5, 5.41) is 11.9. The van der Waals surface area contributed by atoms with E-state index in [2.05, 4.69) is 10.1 Å². The van der Waals surface area contributed by atoms with Gasteiger partial charge in [0.1, 0.15) is 4.21 Å². The van der Waals surface area contributed by atoms with Gasteiger partial charge in [0, 0.05) is 31.9 Å². The van der Waals surface area contributed by atoms with Crippen LogP contribution in [0.4, 0.5) is 18.9 Å². The normalized spacial score (nSPS) is 16.6. The Kier molecular flexibility index (Phi) is 7.28. The van der Waals surface area contributed by atoms with Crippen LogP contribution >= 0.6 is 11.3 Å². The molecule has 0 bridgehead atoms. The fourth-order valence-corrected chi connectivity index (χ4v) is 6.11. The third kappa shape index (κ3) is 5.98. The highest BCUT2D eigenvalue weighted by molar-refractivity contribution is 7.93. The summed E-state index contributed by atoms with van der Waals surface area (Å²) in [6, 6.07) is 8.47. The predicted octanol–water partition coefficient (Wildman–Crippen LogP) is 3.95. The second-order valence-electron chi connectivity index (χ2n) is 7.35. The number of benzene rings is 1. The van der Waals surface area contributed by atoms with Crippen LogP contribution in [0.25, 0.3) is 0 Å². The van der Waals surface area contributed by atoms with Crippen molar-refractivity contribution < 1.29 is 26.8 Å². The molecule has 31 heavy (non-hydrogen) atoms. The molecule has 1 fully saturated rings. The van der Waals surface area contributed by atoms with Gasteiger partial charge in [-0.05, 0) is 50.2 Å². The van der Waals surface area contributed by atoms with Crippen molar-refractivity contribution in [1.82, 2.24) is 4.90 Å². The van der Waals surface area contributed by atoms with Gasteiger partial charge in [-0.25, -0.2) is 8.42 Å². The number of nitrogens with zero attached hydrogens (tertiary/aromatic N) is 3. The van der Waals surface area contributed by atoms with Gasteiger partial charge in [0.15, 0.2) is 9.84 Å². The first-order valence-corrected chi connectivity index (χ1v) is 12.2. The molecule has 1 aromatic heterocycles. The molecule has 0 aliphatic carbocycles. The minimum absolute atomic E-state index is 0.0100. The fraction of sp³-hybridized carbons (Fsp3) is 0.450. The van der Waals surface area contributed by atoms with Gasteiger partial charge in [0.2, 0.25) is 0 Å². The molecule has 0 atom stereocenters. The molecule has 1 aliphatic rings. The van der Waals surface area contributed by atoms with Gasteiger partial charge in [-0.1, -0.05) is 11.2 Å². The standard InChI is InChI=1S/C20H24F3N3O3S2/c1-15(24-27)18-6-7-19(30-18)31(28,29)13-3-8-25-9-11-26(12-10-25)17-5-2-4-16(14-17)20(21,22)23/h2,4-7,14,27H,3,8-13H2,1H3/b24-15+. The lowest BCUT2D eigenvalue weighted by Crippen LogP contribution is -2.46. The number of piperazine rings is 1. The lowest BCUT2D eigenvalue weighted by Gasteiger charge is -2.36. The molecule has 1 aromatic carbocycles. The lowest BCUT2D eigenvalue weighted by atomic mass is 10.1. The van der Waals surface area contributed by atoms with Crippen molar-refractivity contribution in [2.75, 3.05) is 43.4 Å². The van der Waals surface area contributed by atoms with Crippen LogP contribution in [-0.2, 0) is 16.0 Å². The van der Waals surface area contributed by atoms with E-state index >= 15 is 0 Å². The quantitative estimate of drug-likeness (QED) is 0.373. The Morgan fingerprint density at radius 3 is 2.52 bits per heavy atom. The van der Waals surface area contributed by atoms with E-state index in [1.54, 1.807) is 19.1 Å². The van der Waals surface area contributed by atoms with E-state index in [9.17, 15) is 21.6 Å². The predicted molar refractivity (Wildman–Crippen MR) is 115 cm³/mol. The minimum Gasteiger partial charge on any atom is -0.411 e. The van der Waals surface area contributed by atoms with Crippen LogP contribution in [0.5, 0.6) is 0 Å². The Morgan fingerprint density at radius 1 is 1.16 bits per heavy atom. The Labute approximate surface area is 183 Å². The molecule has 6 nitrogen and oxygen atoms in total. The summed E-state index contributed by atoms with van der Waals surface area (Å²) in [6.07, 6.45) is -3.90. The summed E-state index contributed by atoms with van der Waals surface area (Å²) in [4.78, 5) is 4.65. The largest absolute Gasteiger partial charge is 0.416 e. The number of thiophene rings is 1. The van der Waals surface area contributed by atoms with Gasteiger partial charge in [0.25, 0.3) is 0 Å². The van der Waals surface area contributed by atoms with Crippen LogP contribution in [0.3, 0.4) is 0 Å². The maximum Gasteiger partial charge on any atom is 0.416 e. The molecule has 1 aliphatic heterocycles. The molecule has 0 radical (unpaired) electrons. The van der Waals surface area contributed by atoms with E-state index in [4.69, 9.17) is 5.21 Å². The van der Waals surface area contributed by atoms with E-state index in [1.807, 2.05) is 4.90 Å². The Balaban J connectivity index is 1.49. The van der Waals surface area contributed by atoms with Gasteiger partial charge in [-0.15, -0.1) is 11.3 Å². The van der Waals surface area contributed by atoms with Crippen molar-refractivity contribution >= 4 is 32.6 Å². The summed E-state index contributed by atoms with van der Waals surface area (Å²) < 4.78 is 64.1. The van der Waals surface area contributed by atoms with E-state index in [-0.39, 0.29) is 9.96 Å². The molecule has 0 amide bonds. The fourth-order valence-electron chi connectivity index (χ4n) is 3.42. The molecule has 3 rings (SSSR count). The average molecular weight is 476 g/mol. The van der Waals surface area contributed by atoms with Crippen molar-refractivity contribution in [2.45, 2.75) is 23.7 Å². The van der Waals surface area contributed by atoms with Crippen molar-refractivity contribution in [1.29, 1.82) is 0 Å². The van der Waals surface area contributed by atoms with Crippen LogP contribution in [0, 0.1) is 0 Å². The van der Waals surface area contributed by atoms with Crippen LogP contribution in [0.15, 0.2) is 45.8 Å². The smallest absolute Gasteiger partial charge is 0.411 e. The molecule has 1 saturated heterocycles. The summed E-state index contributed by atoms with van der Waals surface area (Å²) in [5.41, 5.74) is 0.257. The summed E-state index contributed by atoms with van der Waals surface area (Å²) in [7, 11) is -3.42. The van der Waals surface area contributed by atoms with Crippen molar-refractivity contribution in [2.24, 2.45) is 5.16 Å². The number of oxime groups is 1. The zero-order valence-corrected chi connectivity index (χ0v) is 18.6. The van der Waals surface area contributed by atoms with Crippen molar-refractivity contribution in [3.63, 3.8) is 0 Å². The summed E-state index contributed by atoms with van der Waals surface area (Å²) in [6.45, 7) is 4.69. The number of anilines is 1. The second-order valence-corrected chi connectivity index (χ2v) is 10.8. The van der Waals surface area contributed by atoms with Crippen molar-refractivity contribution in [3.05, 3.63) is 46.8 Å². The molecule has 0 unspecified atom stereocenters. The van der Waals surface area contributed by atoms with Gasteiger partial charge in [0.05, 0.1) is 21.9 Å². The highest BCUT2D eigenvalue weighted by atomic mass is 32.2. The average Bonchev–Trinajstić information content (AvgIpc) is 3.24. The van der Waals surface area contributed by atoms with Crippen molar-refractivity contribution in [3.8, 4) is 0 Å². The maximum atomic E-state index is 12.9. The topological polar surface area (TPSA) is 73.2 Å². The molecule has 0 saturated carbocycles. The van der Waals surface area contributed by atoms with Gasteiger partial charge < -0.3 is 10.1 Å². The lowest BCUT2D eigenvalue weighted by molar-refractivity contribution is -0.137. The van der Waals surface area contributed by atoms with Crippen LogP contribution in [0.2, 0.25) is 0 Å². The highest BCUT2D eigenvalue weighted by Gasteiger charge is 2.31. The number of hydrogen-bond donors (Lipinski definition) is 1. The van der Waals surface area contributed by atoms with Gasteiger partial charge >= 0.3 is 6.18 Å². The molecule has 1 N–H and O–H groups in total. The third-order valence-corrected chi connectivity index (χ3v) is 8.77. The number of sulfone groups is 1. The second kappa shape index (κ2) is 9.58. The van der Waals surface area contributed by atoms with E-state index < -0.39 is 21.6 Å². The van der Waals surface area contributed by atoms with E-state index in [1.165, 1.54) is 18.2 Å². The number of alkyl halides is 3. The Bertz CT molecular complexity index is 1030. The first-order valence-electron chi connectivity index (χ1n) is 9.76. The monoisotopic (exact) mass is 475 g/mol. The summed E-state index contributed by atoms with van der Waals surface area (Å²) >= 11 is 1.08. The molecule has 2 aromatic rings. The molecular formula is C20H24F3N3O3S2. The molecule has 0 spiro atoms. The first-order chi connectivity index (χ1) is 14.6. The Morgan fingerprint density at radius 2 is 1.87 bits per heavy atom. The molecule has 2 heterocycles. The minimum atomic E-state index is -4.36. The number of rotatable bonds is 7. The zero-order chi connectivity index (χ0) is 22.6. The molecular weight excluding hydrogens is 451 g/mol. The van der Waals surface area contributed by atoms with Gasteiger partial charge in [-0.3, -0.25) is 4.90 Å². The molecule has 170 valence electrons. The summed E-state index contributed by atoms with van der Waals surface area (Å²) in [5.74, 6) is 0.0100. The van der Waals surface area contributed by atoms with Crippen LogP contribution < -0.4 is 4.90 Å². The number of hydrogen-bond acceptors (Lipinski definition) is 7. The van der Waals surface area contributed by atoms with E-state index in [0.717, 1.165) is 17.4 Å². The van der Waals surface area contributed by atoms with Crippen LogP contribution in [-0.4, -0.2) is 62.7 Å². The van der Waals surface area contributed by atoms with Crippen LogP contribution in [0.1, 0.15) is 23.8 Å². The number of halogens is 3. The third-order valence-electron chi connectivity index (χ3n) is 5.19. The zero-order valence-electron chi connectivity index (χ0n) is 17.0. The van der Waals surface area contributed by atoms with E-state index in [0.29, 0.717) is 55.4 Å². The first kappa shape index (κ1) is 23.6. The maximum absolute atomic E-state index is 12.9. The Hall–Kier alpha value is -2.11. The van der Waals surface area contributed by atoms with Gasteiger partial charge in [-0.2, -0.15) is 13.2 Å². The highest BCUT2D eigenvalue weighted by Crippen LogP contribution is 2.32. The molecule has 11 heteroatoms.